The first-order valence-electron chi connectivity index (χ1n) is 9.15. The predicted molar refractivity (Wildman–Crippen MR) is 112 cm³/mol. The SMILES string of the molecule is CCCCn1c(O)c(N=NC(=O)COc2ccccc2Br)c2cc(C)ccc21. The molecule has 0 saturated heterocycles. The number of para-hydroxylation sites is 1. The van der Waals surface area contributed by atoms with Gasteiger partial charge in [-0.3, -0.25) is 4.79 Å². The number of aromatic hydroxyl groups is 1. The molecule has 0 bridgehead atoms. The van der Waals surface area contributed by atoms with E-state index in [1.807, 2.05) is 47.9 Å². The van der Waals surface area contributed by atoms with Gasteiger partial charge in [0.15, 0.2) is 12.3 Å². The standard InChI is InChI=1S/C21H22BrN3O3/c1-3-4-11-25-17-10-9-14(2)12-15(17)20(21(25)27)24-23-19(26)13-28-18-8-6-5-7-16(18)22/h5-10,12,27H,3-4,11,13H2,1-2H3. The molecule has 3 aromatic rings. The lowest BCUT2D eigenvalue weighted by atomic mass is 10.1. The average molecular weight is 444 g/mol. The Morgan fingerprint density at radius 2 is 2.04 bits per heavy atom. The lowest BCUT2D eigenvalue weighted by molar-refractivity contribution is -0.120. The molecule has 0 saturated carbocycles. The molecule has 0 aliphatic rings. The predicted octanol–water partition coefficient (Wildman–Crippen LogP) is 5.91. The summed E-state index contributed by atoms with van der Waals surface area (Å²) in [5.41, 5.74) is 2.23. The molecule has 0 fully saturated rings. The first kappa shape index (κ1) is 20.1. The molecule has 2 aromatic carbocycles. The Bertz CT molecular complexity index is 1030. The topological polar surface area (TPSA) is 76.2 Å². The molecule has 6 nitrogen and oxygen atoms in total. The van der Waals surface area contributed by atoms with E-state index in [1.54, 1.807) is 6.07 Å². The Morgan fingerprint density at radius 3 is 2.79 bits per heavy atom. The van der Waals surface area contributed by atoms with E-state index in [4.69, 9.17) is 4.74 Å². The Labute approximate surface area is 172 Å². The molecule has 0 aliphatic heterocycles. The number of azo groups is 1. The third-order valence-corrected chi connectivity index (χ3v) is 5.01. The van der Waals surface area contributed by atoms with Gasteiger partial charge >= 0.3 is 5.91 Å². The highest BCUT2D eigenvalue weighted by atomic mass is 79.9. The largest absolute Gasteiger partial charge is 0.493 e. The van der Waals surface area contributed by atoms with Crippen molar-refractivity contribution >= 4 is 38.4 Å². The van der Waals surface area contributed by atoms with E-state index in [-0.39, 0.29) is 12.5 Å². The van der Waals surface area contributed by atoms with E-state index in [0.29, 0.717) is 18.0 Å². The van der Waals surface area contributed by atoms with Crippen LogP contribution in [0.3, 0.4) is 0 Å². The van der Waals surface area contributed by atoms with Gasteiger partial charge < -0.3 is 14.4 Å². The van der Waals surface area contributed by atoms with Crippen molar-refractivity contribution in [2.45, 2.75) is 33.2 Å². The highest BCUT2D eigenvalue weighted by molar-refractivity contribution is 9.10. The summed E-state index contributed by atoms with van der Waals surface area (Å²) in [5, 5.41) is 19.2. The number of rotatable bonds is 7. The summed E-state index contributed by atoms with van der Waals surface area (Å²) in [4.78, 5) is 12.1. The van der Waals surface area contributed by atoms with Crippen LogP contribution in [-0.4, -0.2) is 22.2 Å². The van der Waals surface area contributed by atoms with E-state index in [0.717, 1.165) is 33.8 Å². The van der Waals surface area contributed by atoms with Crippen molar-refractivity contribution in [1.82, 2.24) is 4.57 Å². The summed E-state index contributed by atoms with van der Waals surface area (Å²) >= 11 is 3.36. The molecule has 1 heterocycles. The number of unbranched alkanes of at least 4 members (excludes halogenated alkanes) is 1. The van der Waals surface area contributed by atoms with E-state index in [1.165, 1.54) is 0 Å². The summed E-state index contributed by atoms with van der Waals surface area (Å²) in [5.74, 6) is 0.0512. The Balaban J connectivity index is 1.82. The van der Waals surface area contributed by atoms with Crippen LogP contribution in [0.2, 0.25) is 0 Å². The fourth-order valence-electron chi connectivity index (χ4n) is 2.91. The fraction of sp³-hybridized carbons (Fsp3) is 0.286. The maximum absolute atomic E-state index is 12.1. The van der Waals surface area contributed by atoms with Crippen LogP contribution in [0.4, 0.5) is 5.69 Å². The molecule has 1 amide bonds. The third-order valence-electron chi connectivity index (χ3n) is 4.35. The summed E-state index contributed by atoms with van der Waals surface area (Å²) in [6.07, 6.45) is 1.94. The minimum Gasteiger partial charge on any atom is -0.493 e. The van der Waals surface area contributed by atoms with E-state index in [2.05, 4.69) is 33.1 Å². The Hall–Kier alpha value is -2.67. The molecule has 0 radical (unpaired) electrons. The summed E-state index contributed by atoms with van der Waals surface area (Å²) in [6, 6.07) is 13.1. The minimum atomic E-state index is -0.530. The zero-order valence-corrected chi connectivity index (χ0v) is 17.4. The second kappa shape index (κ2) is 9.01. The van der Waals surface area contributed by atoms with Crippen molar-refractivity contribution in [1.29, 1.82) is 0 Å². The summed E-state index contributed by atoms with van der Waals surface area (Å²) in [6.45, 7) is 4.51. The molecule has 0 unspecified atom stereocenters. The molecular weight excluding hydrogens is 422 g/mol. The highest BCUT2D eigenvalue weighted by Gasteiger charge is 2.17. The van der Waals surface area contributed by atoms with Crippen molar-refractivity contribution < 1.29 is 14.6 Å². The number of benzene rings is 2. The summed E-state index contributed by atoms with van der Waals surface area (Å²) in [7, 11) is 0. The van der Waals surface area contributed by atoms with Crippen LogP contribution < -0.4 is 4.74 Å². The number of amides is 1. The molecule has 1 N–H and O–H groups in total. The highest BCUT2D eigenvalue weighted by Crippen LogP contribution is 2.39. The number of hydrogen-bond donors (Lipinski definition) is 1. The van der Waals surface area contributed by atoms with Gasteiger partial charge in [0.25, 0.3) is 0 Å². The van der Waals surface area contributed by atoms with Crippen LogP contribution in [-0.2, 0) is 11.3 Å². The number of nitrogens with zero attached hydrogens (tertiary/aromatic N) is 3. The van der Waals surface area contributed by atoms with Crippen LogP contribution in [0.25, 0.3) is 10.9 Å². The van der Waals surface area contributed by atoms with E-state index < -0.39 is 5.91 Å². The number of carbonyl (C=O) groups excluding carboxylic acids is 1. The Morgan fingerprint density at radius 1 is 1.25 bits per heavy atom. The second-order valence-electron chi connectivity index (χ2n) is 6.51. The van der Waals surface area contributed by atoms with Gasteiger partial charge in [0.05, 0.1) is 9.99 Å². The number of carbonyl (C=O) groups is 1. The number of hydrogen-bond acceptors (Lipinski definition) is 4. The fourth-order valence-corrected chi connectivity index (χ4v) is 3.31. The number of aromatic nitrogens is 1. The van der Waals surface area contributed by atoms with Gasteiger partial charge in [-0.05, 0) is 53.5 Å². The van der Waals surface area contributed by atoms with Crippen LogP contribution in [0.1, 0.15) is 25.3 Å². The number of aryl methyl sites for hydroxylation is 2. The zero-order chi connectivity index (χ0) is 20.1. The van der Waals surface area contributed by atoms with E-state index in [9.17, 15) is 9.90 Å². The quantitative estimate of drug-likeness (QED) is 0.461. The van der Waals surface area contributed by atoms with Crippen molar-refractivity contribution in [3.05, 3.63) is 52.5 Å². The number of fused-ring (bicyclic) bond motifs is 1. The second-order valence-corrected chi connectivity index (χ2v) is 7.37. The van der Waals surface area contributed by atoms with Gasteiger partial charge in [0.1, 0.15) is 5.75 Å². The number of ether oxygens (including phenoxy) is 1. The molecule has 28 heavy (non-hydrogen) atoms. The van der Waals surface area contributed by atoms with Crippen molar-refractivity contribution in [2.75, 3.05) is 6.61 Å². The van der Waals surface area contributed by atoms with Gasteiger partial charge in [0, 0.05) is 11.9 Å². The van der Waals surface area contributed by atoms with Gasteiger partial charge in [-0.15, -0.1) is 10.2 Å². The average Bonchev–Trinajstić information content (AvgIpc) is 2.94. The maximum Gasteiger partial charge on any atom is 0.302 e. The van der Waals surface area contributed by atoms with Crippen molar-refractivity contribution in [3.8, 4) is 11.6 Å². The van der Waals surface area contributed by atoms with Crippen LogP contribution >= 0.6 is 15.9 Å². The number of halogens is 1. The molecule has 0 aliphatic carbocycles. The van der Waals surface area contributed by atoms with Gasteiger partial charge in [-0.2, -0.15) is 0 Å². The molecule has 3 rings (SSSR count). The maximum atomic E-state index is 12.1. The van der Waals surface area contributed by atoms with Gasteiger partial charge in [0.2, 0.25) is 5.88 Å². The smallest absolute Gasteiger partial charge is 0.302 e. The normalized spacial score (nSPS) is 11.4. The van der Waals surface area contributed by atoms with Crippen LogP contribution in [0, 0.1) is 6.92 Å². The molecular formula is C21H22BrN3O3. The molecule has 1 aromatic heterocycles. The monoisotopic (exact) mass is 443 g/mol. The van der Waals surface area contributed by atoms with Crippen LogP contribution in [0.5, 0.6) is 11.6 Å². The zero-order valence-electron chi connectivity index (χ0n) is 15.9. The summed E-state index contributed by atoms with van der Waals surface area (Å²) < 4.78 is 8.03. The third kappa shape index (κ3) is 4.42. The van der Waals surface area contributed by atoms with Gasteiger partial charge in [-0.1, -0.05) is 37.1 Å². The van der Waals surface area contributed by atoms with Crippen molar-refractivity contribution in [3.63, 3.8) is 0 Å². The van der Waals surface area contributed by atoms with E-state index >= 15 is 0 Å². The first-order valence-corrected chi connectivity index (χ1v) is 9.94. The minimum absolute atomic E-state index is 0.0253. The molecule has 0 atom stereocenters. The van der Waals surface area contributed by atoms with Crippen molar-refractivity contribution in [2.24, 2.45) is 10.2 Å². The van der Waals surface area contributed by atoms with Gasteiger partial charge in [-0.25, -0.2) is 0 Å². The first-order chi connectivity index (χ1) is 13.5. The van der Waals surface area contributed by atoms with Crippen LogP contribution in [0.15, 0.2) is 57.2 Å². The lowest BCUT2D eigenvalue weighted by Crippen LogP contribution is -2.08. The Kier molecular flexibility index (Phi) is 6.46. The molecule has 146 valence electrons. The lowest BCUT2D eigenvalue weighted by Gasteiger charge is -2.05. The molecule has 7 heteroatoms. The molecule has 0 spiro atoms.